The maximum absolute atomic E-state index is 12.9. The molecule has 25 heavy (non-hydrogen) atoms. The molecule has 3 heterocycles. The van der Waals surface area contributed by atoms with Crippen LogP contribution >= 0.6 is 0 Å². The van der Waals surface area contributed by atoms with E-state index in [1.807, 2.05) is 49.4 Å². The van der Waals surface area contributed by atoms with Crippen molar-refractivity contribution in [2.75, 3.05) is 11.6 Å². The first-order valence-electron chi connectivity index (χ1n) is 8.48. The van der Waals surface area contributed by atoms with Gasteiger partial charge in [-0.1, -0.05) is 25.1 Å². The molecule has 1 aromatic carbocycles. The first-order chi connectivity index (χ1) is 12.2. The molecule has 0 spiro atoms. The summed E-state index contributed by atoms with van der Waals surface area (Å²) in [6, 6.07) is 12.9. The summed E-state index contributed by atoms with van der Waals surface area (Å²) in [5.74, 6) is -0.937. The number of rotatable bonds is 4. The van der Waals surface area contributed by atoms with Gasteiger partial charge in [-0.05, 0) is 36.2 Å². The van der Waals surface area contributed by atoms with Crippen LogP contribution in [0.3, 0.4) is 0 Å². The molecule has 0 saturated carbocycles. The smallest absolute Gasteiger partial charge is 0.261 e. The number of carbonyl (C=O) groups is 2. The van der Waals surface area contributed by atoms with Gasteiger partial charge in [0.1, 0.15) is 5.92 Å². The molecule has 3 atom stereocenters. The van der Waals surface area contributed by atoms with Crippen LogP contribution in [0, 0.1) is 5.92 Å². The summed E-state index contributed by atoms with van der Waals surface area (Å²) in [4.78, 5) is 37.0. The number of aromatic nitrogens is 1. The van der Waals surface area contributed by atoms with Gasteiger partial charge >= 0.3 is 0 Å². The van der Waals surface area contributed by atoms with Crippen LogP contribution in [0.2, 0.25) is 0 Å². The van der Waals surface area contributed by atoms with E-state index in [4.69, 9.17) is 4.84 Å². The molecule has 6 heteroatoms. The Morgan fingerprint density at radius 3 is 2.44 bits per heavy atom. The Kier molecular flexibility index (Phi) is 3.97. The average Bonchev–Trinajstić information content (AvgIpc) is 3.16. The second-order valence-electron chi connectivity index (χ2n) is 6.27. The van der Waals surface area contributed by atoms with E-state index in [1.165, 1.54) is 4.90 Å². The zero-order chi connectivity index (χ0) is 17.4. The molecule has 128 valence electrons. The van der Waals surface area contributed by atoms with Crippen molar-refractivity contribution in [3.63, 3.8) is 0 Å². The minimum atomic E-state index is -0.766. The lowest BCUT2D eigenvalue weighted by molar-refractivity contribution is -0.143. The summed E-state index contributed by atoms with van der Waals surface area (Å²) < 4.78 is 0. The SMILES string of the molecule is CCCN1C(=O)[C@H]2[C@H](ON(c3ccccc3)[C@H]2c2ccncc2)C1=O. The predicted octanol–water partition coefficient (Wildman–Crippen LogP) is 2.34. The summed E-state index contributed by atoms with van der Waals surface area (Å²) in [7, 11) is 0. The molecule has 4 rings (SSSR count). The minimum absolute atomic E-state index is 0.155. The number of amides is 2. The highest BCUT2D eigenvalue weighted by atomic mass is 16.7. The number of anilines is 1. The van der Waals surface area contributed by atoms with Crippen LogP contribution in [0.25, 0.3) is 0 Å². The fourth-order valence-corrected chi connectivity index (χ4v) is 3.61. The Morgan fingerprint density at radius 1 is 1.04 bits per heavy atom. The number of carbonyl (C=O) groups excluding carboxylic acids is 2. The summed E-state index contributed by atoms with van der Waals surface area (Å²) in [6.45, 7) is 2.38. The number of fused-ring (bicyclic) bond motifs is 1. The van der Waals surface area contributed by atoms with Crippen molar-refractivity contribution < 1.29 is 14.4 Å². The molecule has 2 saturated heterocycles. The van der Waals surface area contributed by atoms with Crippen molar-refractivity contribution in [2.45, 2.75) is 25.5 Å². The summed E-state index contributed by atoms with van der Waals surface area (Å²) in [5, 5.41) is 1.70. The van der Waals surface area contributed by atoms with Gasteiger partial charge in [0.25, 0.3) is 5.91 Å². The fraction of sp³-hybridized carbons (Fsp3) is 0.316. The van der Waals surface area contributed by atoms with Crippen molar-refractivity contribution in [1.29, 1.82) is 0 Å². The molecule has 6 nitrogen and oxygen atoms in total. The lowest BCUT2D eigenvalue weighted by Gasteiger charge is -2.28. The molecule has 2 amide bonds. The van der Waals surface area contributed by atoms with Crippen LogP contribution < -0.4 is 5.06 Å². The normalized spacial score (nSPS) is 25.6. The van der Waals surface area contributed by atoms with Crippen LogP contribution in [0.15, 0.2) is 54.9 Å². The molecule has 0 radical (unpaired) electrons. The standard InChI is InChI=1S/C19H19N3O3/c1-2-12-21-18(23)15-16(13-8-10-20-11-9-13)22(25-17(15)19(21)24)14-6-4-3-5-7-14/h3-11,15-17H,2,12H2,1H3/t15-,16+,17+/m1/s1. The van der Waals surface area contributed by atoms with E-state index in [9.17, 15) is 9.59 Å². The lowest BCUT2D eigenvalue weighted by atomic mass is 9.91. The van der Waals surface area contributed by atoms with Crippen LogP contribution in [-0.2, 0) is 14.4 Å². The molecular weight excluding hydrogens is 318 g/mol. The highest BCUT2D eigenvalue weighted by Crippen LogP contribution is 2.46. The van der Waals surface area contributed by atoms with E-state index < -0.39 is 12.0 Å². The van der Waals surface area contributed by atoms with E-state index in [1.54, 1.807) is 17.5 Å². The van der Waals surface area contributed by atoms with E-state index in [2.05, 4.69) is 4.98 Å². The quantitative estimate of drug-likeness (QED) is 0.802. The van der Waals surface area contributed by atoms with E-state index >= 15 is 0 Å². The first kappa shape index (κ1) is 15.8. The van der Waals surface area contributed by atoms with Crippen LogP contribution in [0.4, 0.5) is 5.69 Å². The zero-order valence-corrected chi connectivity index (χ0v) is 13.9. The van der Waals surface area contributed by atoms with Gasteiger partial charge in [0.05, 0.1) is 11.7 Å². The summed E-state index contributed by atoms with van der Waals surface area (Å²) >= 11 is 0. The number of nitrogens with zero attached hydrogens (tertiary/aromatic N) is 3. The Hall–Kier alpha value is -2.73. The molecule has 2 aliphatic heterocycles. The maximum atomic E-state index is 12.9. The molecule has 0 bridgehead atoms. The zero-order valence-electron chi connectivity index (χ0n) is 13.9. The van der Waals surface area contributed by atoms with Gasteiger partial charge in [-0.25, -0.2) is 5.06 Å². The van der Waals surface area contributed by atoms with E-state index in [-0.39, 0.29) is 17.9 Å². The van der Waals surface area contributed by atoms with Crippen molar-refractivity contribution >= 4 is 17.5 Å². The van der Waals surface area contributed by atoms with Crippen LogP contribution in [0.1, 0.15) is 24.9 Å². The van der Waals surface area contributed by atoms with Gasteiger partial charge in [0.15, 0.2) is 6.10 Å². The highest BCUT2D eigenvalue weighted by molar-refractivity contribution is 6.07. The fourth-order valence-electron chi connectivity index (χ4n) is 3.61. The minimum Gasteiger partial charge on any atom is -0.280 e. The maximum Gasteiger partial charge on any atom is 0.261 e. The number of hydrogen-bond acceptors (Lipinski definition) is 5. The number of benzene rings is 1. The van der Waals surface area contributed by atoms with Crippen molar-refractivity contribution in [3.8, 4) is 0 Å². The molecule has 2 fully saturated rings. The number of hydrogen-bond donors (Lipinski definition) is 0. The topological polar surface area (TPSA) is 62.7 Å². The third kappa shape index (κ3) is 2.49. The third-order valence-corrected chi connectivity index (χ3v) is 4.71. The average molecular weight is 337 g/mol. The van der Waals surface area contributed by atoms with Gasteiger partial charge in [0, 0.05) is 18.9 Å². The molecule has 2 aromatic rings. The molecular formula is C19H19N3O3. The number of pyridine rings is 1. The van der Waals surface area contributed by atoms with Crippen molar-refractivity contribution in [1.82, 2.24) is 9.88 Å². The van der Waals surface area contributed by atoms with Crippen molar-refractivity contribution in [2.24, 2.45) is 5.92 Å². The highest BCUT2D eigenvalue weighted by Gasteiger charge is 2.59. The number of imide groups is 1. The monoisotopic (exact) mass is 337 g/mol. The van der Waals surface area contributed by atoms with Gasteiger partial charge in [-0.15, -0.1) is 0 Å². The van der Waals surface area contributed by atoms with Gasteiger partial charge in [-0.3, -0.25) is 24.3 Å². The van der Waals surface area contributed by atoms with Crippen LogP contribution in [0.5, 0.6) is 0 Å². The van der Waals surface area contributed by atoms with E-state index in [0.29, 0.717) is 6.54 Å². The molecule has 0 N–H and O–H groups in total. The van der Waals surface area contributed by atoms with Crippen LogP contribution in [-0.4, -0.2) is 34.3 Å². The second-order valence-corrected chi connectivity index (χ2v) is 6.27. The Morgan fingerprint density at radius 2 is 1.76 bits per heavy atom. The number of para-hydroxylation sites is 1. The first-order valence-corrected chi connectivity index (χ1v) is 8.48. The Bertz CT molecular complexity index is 781. The largest absolute Gasteiger partial charge is 0.280 e. The van der Waals surface area contributed by atoms with Gasteiger partial charge in [0.2, 0.25) is 5.91 Å². The number of hydroxylamine groups is 1. The molecule has 1 aromatic heterocycles. The predicted molar refractivity (Wildman–Crippen MR) is 91.3 cm³/mol. The Balaban J connectivity index is 1.77. The van der Waals surface area contributed by atoms with E-state index in [0.717, 1.165) is 17.7 Å². The third-order valence-electron chi connectivity index (χ3n) is 4.71. The molecule has 0 unspecified atom stereocenters. The van der Waals surface area contributed by atoms with Gasteiger partial charge < -0.3 is 0 Å². The summed E-state index contributed by atoms with van der Waals surface area (Å²) in [6.07, 6.45) is 3.35. The summed E-state index contributed by atoms with van der Waals surface area (Å²) in [5.41, 5.74) is 1.73. The molecule has 2 aliphatic rings. The lowest BCUT2D eigenvalue weighted by Crippen LogP contribution is -2.37. The van der Waals surface area contributed by atoms with Crippen molar-refractivity contribution in [3.05, 3.63) is 60.4 Å². The van der Waals surface area contributed by atoms with Gasteiger partial charge in [-0.2, -0.15) is 0 Å². The molecule has 0 aliphatic carbocycles. The second kappa shape index (κ2) is 6.29. The Labute approximate surface area is 146 Å². The number of likely N-dealkylation sites (tertiary alicyclic amines) is 1.